The summed E-state index contributed by atoms with van der Waals surface area (Å²) in [4.78, 5) is 38.3. The molecule has 4 rings (SSSR count). The van der Waals surface area contributed by atoms with Crippen LogP contribution in [0.1, 0.15) is 94.7 Å². The fraction of sp³-hybridized carbons (Fsp3) is 0.514. The molecule has 1 aliphatic rings. The van der Waals surface area contributed by atoms with Gasteiger partial charge in [0.15, 0.2) is 5.69 Å². The van der Waals surface area contributed by atoms with Gasteiger partial charge in [0.1, 0.15) is 18.1 Å². The molecule has 1 heterocycles. The van der Waals surface area contributed by atoms with Gasteiger partial charge in [0.05, 0.1) is 37.4 Å². The van der Waals surface area contributed by atoms with Gasteiger partial charge in [-0.15, -0.1) is 0 Å². The molecule has 2 amide bonds. The van der Waals surface area contributed by atoms with Crippen LogP contribution < -0.4 is 20.1 Å². The Balaban J connectivity index is 1.61. The summed E-state index contributed by atoms with van der Waals surface area (Å²) < 4.78 is 19.1. The Bertz CT molecular complexity index is 1460. The zero-order valence-corrected chi connectivity index (χ0v) is 28.4. The minimum absolute atomic E-state index is 0.0881. The number of ether oxygens (including phenoxy) is 3. The molecule has 1 aliphatic carbocycles. The molecule has 0 radical (unpaired) electrons. The topological polar surface area (TPSA) is 121 Å². The van der Waals surface area contributed by atoms with Crippen LogP contribution in [0.4, 0.5) is 0 Å². The summed E-state index contributed by atoms with van der Waals surface area (Å²) in [5.41, 5.74) is 2.82. The molecule has 1 aromatic heterocycles. The van der Waals surface area contributed by atoms with E-state index in [-0.39, 0.29) is 54.8 Å². The molecule has 3 aromatic rings. The first-order chi connectivity index (χ1) is 22.7. The van der Waals surface area contributed by atoms with Gasteiger partial charge in [0.25, 0.3) is 5.91 Å². The third-order valence-electron chi connectivity index (χ3n) is 8.48. The average molecular weight is 647 g/mol. The van der Waals surface area contributed by atoms with Gasteiger partial charge in [-0.25, -0.2) is 0 Å². The third kappa shape index (κ3) is 10.3. The lowest BCUT2D eigenvalue weighted by molar-refractivity contribution is -0.143. The molecule has 254 valence electrons. The number of methoxy groups -OCH3 is 1. The highest BCUT2D eigenvalue weighted by molar-refractivity contribution is 5.94. The van der Waals surface area contributed by atoms with E-state index >= 15 is 0 Å². The third-order valence-corrected chi connectivity index (χ3v) is 8.48. The van der Waals surface area contributed by atoms with Gasteiger partial charge in [0, 0.05) is 19.0 Å². The second-order valence-corrected chi connectivity index (χ2v) is 12.8. The van der Waals surface area contributed by atoms with E-state index in [2.05, 4.69) is 17.6 Å². The Labute approximate surface area is 278 Å². The molecule has 1 saturated carbocycles. The Kier molecular flexibility index (Phi) is 13.3. The highest BCUT2D eigenvalue weighted by Crippen LogP contribution is 2.42. The number of carbonyl (C=O) groups is 3. The van der Waals surface area contributed by atoms with Crippen LogP contribution >= 0.6 is 0 Å². The number of rotatable bonds is 16. The van der Waals surface area contributed by atoms with Crippen LogP contribution in [0.15, 0.2) is 54.6 Å². The van der Waals surface area contributed by atoms with E-state index in [0.717, 1.165) is 42.5 Å². The van der Waals surface area contributed by atoms with Crippen molar-refractivity contribution in [3.8, 4) is 22.8 Å². The van der Waals surface area contributed by atoms with Crippen LogP contribution in [0.3, 0.4) is 0 Å². The van der Waals surface area contributed by atoms with Gasteiger partial charge >= 0.3 is 5.97 Å². The van der Waals surface area contributed by atoms with E-state index in [1.54, 1.807) is 14.0 Å². The largest absolute Gasteiger partial charge is 0.496 e. The molecule has 10 nitrogen and oxygen atoms in total. The van der Waals surface area contributed by atoms with Crippen molar-refractivity contribution in [3.05, 3.63) is 65.9 Å². The molecule has 2 N–H and O–H groups in total. The van der Waals surface area contributed by atoms with Crippen molar-refractivity contribution < 1.29 is 28.6 Å². The zero-order valence-electron chi connectivity index (χ0n) is 28.4. The quantitative estimate of drug-likeness (QED) is 0.171. The average Bonchev–Trinajstić information content (AvgIpc) is 3.49. The number of benzene rings is 2. The minimum Gasteiger partial charge on any atom is -0.496 e. The number of hydrogen-bond donors (Lipinski definition) is 2. The van der Waals surface area contributed by atoms with Crippen molar-refractivity contribution in [3.63, 3.8) is 0 Å². The maximum atomic E-state index is 13.8. The summed E-state index contributed by atoms with van der Waals surface area (Å²) in [6, 6.07) is 17.2. The van der Waals surface area contributed by atoms with E-state index in [1.807, 2.05) is 73.1 Å². The first kappa shape index (κ1) is 35.5. The molecular formula is C37H50N4O6. The van der Waals surface area contributed by atoms with Crippen LogP contribution in [0, 0.1) is 11.8 Å². The first-order valence-electron chi connectivity index (χ1n) is 16.8. The van der Waals surface area contributed by atoms with E-state index in [0.29, 0.717) is 37.1 Å². The SMILES string of the molecule is CCOC(=O)CCNC(=O)C[C@H](CC(C)C)NC(=O)c1cc(-c2c(OC)cccc2OCc2ccccc2)n(C2CCC(C)CC2)n1. The monoisotopic (exact) mass is 646 g/mol. The lowest BCUT2D eigenvalue weighted by atomic mass is 9.87. The molecule has 0 unspecified atom stereocenters. The number of amides is 2. The summed E-state index contributed by atoms with van der Waals surface area (Å²) in [5, 5.41) is 10.8. The molecule has 1 atom stereocenters. The van der Waals surface area contributed by atoms with Gasteiger partial charge in [-0.1, -0.05) is 57.2 Å². The van der Waals surface area contributed by atoms with Gasteiger partial charge in [-0.2, -0.15) is 5.10 Å². The predicted octanol–water partition coefficient (Wildman–Crippen LogP) is 6.49. The van der Waals surface area contributed by atoms with Crippen molar-refractivity contribution in [1.29, 1.82) is 0 Å². The number of esters is 1. The van der Waals surface area contributed by atoms with Crippen LogP contribution in [0.2, 0.25) is 0 Å². The lowest BCUT2D eigenvalue weighted by Crippen LogP contribution is -2.40. The molecular weight excluding hydrogens is 596 g/mol. The summed E-state index contributed by atoms with van der Waals surface area (Å²) in [5.74, 6) is 1.21. The standard InChI is InChI=1S/C37H50N4O6/c1-6-46-35(43)19-20-38-34(42)22-28(21-25(2)3)39-37(44)30-23-31(41(40-30)29-17-15-26(4)16-18-29)36-32(45-5)13-10-14-33(36)47-24-27-11-8-7-9-12-27/h7-14,23,25-26,28-29H,6,15-22,24H2,1-5H3,(H,38,42)(H,39,44)/t26?,28-,29?/m0/s1. The van der Waals surface area contributed by atoms with Crippen LogP contribution in [0.5, 0.6) is 11.5 Å². The summed E-state index contributed by atoms with van der Waals surface area (Å²) in [7, 11) is 1.63. The molecule has 0 saturated heterocycles. The maximum Gasteiger partial charge on any atom is 0.307 e. The fourth-order valence-electron chi connectivity index (χ4n) is 6.10. The highest BCUT2D eigenvalue weighted by atomic mass is 16.5. The molecule has 0 bridgehead atoms. The zero-order chi connectivity index (χ0) is 33.8. The van der Waals surface area contributed by atoms with E-state index in [9.17, 15) is 14.4 Å². The van der Waals surface area contributed by atoms with Crippen molar-refractivity contribution in [2.45, 2.75) is 91.3 Å². The molecule has 2 aromatic carbocycles. The number of aromatic nitrogens is 2. The maximum absolute atomic E-state index is 13.8. The second kappa shape index (κ2) is 17.5. The number of carbonyl (C=O) groups excluding carboxylic acids is 3. The predicted molar refractivity (Wildman–Crippen MR) is 181 cm³/mol. The number of hydrogen-bond acceptors (Lipinski definition) is 7. The van der Waals surface area contributed by atoms with E-state index in [1.165, 1.54) is 0 Å². The Hall–Kier alpha value is -4.34. The number of nitrogens with one attached hydrogen (secondary N) is 2. The van der Waals surface area contributed by atoms with Crippen LogP contribution in [-0.4, -0.2) is 53.9 Å². The molecule has 0 aliphatic heterocycles. The lowest BCUT2D eigenvalue weighted by Gasteiger charge is -2.28. The van der Waals surface area contributed by atoms with E-state index in [4.69, 9.17) is 19.3 Å². The molecule has 10 heteroatoms. The molecule has 47 heavy (non-hydrogen) atoms. The van der Waals surface area contributed by atoms with E-state index < -0.39 is 6.04 Å². The Morgan fingerprint density at radius 1 is 1.00 bits per heavy atom. The highest BCUT2D eigenvalue weighted by Gasteiger charge is 2.29. The van der Waals surface area contributed by atoms with Crippen molar-refractivity contribution in [2.24, 2.45) is 11.8 Å². The number of nitrogens with zero attached hydrogens (tertiary/aromatic N) is 2. The van der Waals surface area contributed by atoms with Gasteiger partial charge in [-0.05, 0) is 74.6 Å². The van der Waals surface area contributed by atoms with Gasteiger partial charge in [0.2, 0.25) is 5.91 Å². The van der Waals surface area contributed by atoms with Crippen LogP contribution in [0.25, 0.3) is 11.3 Å². The van der Waals surface area contributed by atoms with Crippen molar-refractivity contribution in [1.82, 2.24) is 20.4 Å². The first-order valence-corrected chi connectivity index (χ1v) is 16.8. The van der Waals surface area contributed by atoms with Crippen molar-refractivity contribution >= 4 is 17.8 Å². The summed E-state index contributed by atoms with van der Waals surface area (Å²) in [6.45, 7) is 8.97. The normalized spacial score (nSPS) is 16.7. The van der Waals surface area contributed by atoms with Crippen LogP contribution in [-0.2, 0) is 20.9 Å². The second-order valence-electron chi connectivity index (χ2n) is 12.8. The Morgan fingerprint density at radius 3 is 2.40 bits per heavy atom. The Morgan fingerprint density at radius 2 is 1.72 bits per heavy atom. The molecule has 1 fully saturated rings. The van der Waals surface area contributed by atoms with Crippen molar-refractivity contribution in [2.75, 3.05) is 20.3 Å². The minimum atomic E-state index is -0.412. The smallest absolute Gasteiger partial charge is 0.307 e. The van der Waals surface area contributed by atoms with Gasteiger partial charge in [-0.3, -0.25) is 19.1 Å². The fourth-order valence-corrected chi connectivity index (χ4v) is 6.10. The van der Waals surface area contributed by atoms with Gasteiger partial charge < -0.3 is 24.8 Å². The molecule has 0 spiro atoms. The summed E-state index contributed by atoms with van der Waals surface area (Å²) >= 11 is 0. The summed E-state index contributed by atoms with van der Waals surface area (Å²) in [6.07, 6.45) is 4.86.